The zero-order chi connectivity index (χ0) is 11.5. The zero-order valence-corrected chi connectivity index (χ0v) is 10.0. The summed E-state index contributed by atoms with van der Waals surface area (Å²) in [5.41, 5.74) is 0. The largest absolute Gasteiger partial charge is 0.371 e. The fraction of sp³-hybridized carbons (Fsp3) is 0.909. The zero-order valence-electron chi connectivity index (χ0n) is 10.0. The summed E-state index contributed by atoms with van der Waals surface area (Å²) in [5.74, 6) is 0.120. The molecule has 2 aliphatic heterocycles. The Morgan fingerprint density at radius 1 is 1.38 bits per heavy atom. The molecule has 0 bridgehead atoms. The number of morpholine rings is 1. The molecule has 0 aromatic rings. The fourth-order valence-electron chi connectivity index (χ4n) is 2.27. The average molecular weight is 227 g/mol. The van der Waals surface area contributed by atoms with Gasteiger partial charge in [-0.1, -0.05) is 0 Å². The lowest BCUT2D eigenvalue weighted by molar-refractivity contribution is -0.126. The standard InChI is InChI=1S/C11H21N3O2/c1-8-3-13-11(15)7-14(8)6-10-5-12-4-9(2)16-10/h8-10,12H,3-7H2,1-2H3,(H,13,15)/t8-,9+,10-/m0/s1. The maximum absolute atomic E-state index is 11.3. The molecule has 1 amide bonds. The van der Waals surface area contributed by atoms with E-state index in [-0.39, 0.29) is 18.1 Å². The van der Waals surface area contributed by atoms with Crippen molar-refractivity contribution in [2.45, 2.75) is 32.1 Å². The Labute approximate surface area is 96.5 Å². The lowest BCUT2D eigenvalue weighted by Crippen LogP contribution is -2.57. The Balaban J connectivity index is 1.85. The van der Waals surface area contributed by atoms with E-state index in [0.717, 1.165) is 26.2 Å². The first-order chi connectivity index (χ1) is 7.65. The molecule has 2 heterocycles. The Kier molecular flexibility index (Phi) is 3.78. The molecule has 2 aliphatic rings. The van der Waals surface area contributed by atoms with Crippen molar-refractivity contribution in [1.29, 1.82) is 0 Å². The molecule has 5 nitrogen and oxygen atoms in total. The summed E-state index contributed by atoms with van der Waals surface area (Å²) in [5, 5.41) is 6.22. The molecule has 92 valence electrons. The van der Waals surface area contributed by atoms with Gasteiger partial charge in [-0.3, -0.25) is 9.69 Å². The average Bonchev–Trinajstić information content (AvgIpc) is 2.24. The first-order valence-electron chi connectivity index (χ1n) is 6.02. The topological polar surface area (TPSA) is 53.6 Å². The van der Waals surface area contributed by atoms with Gasteiger partial charge in [-0.05, 0) is 13.8 Å². The highest BCUT2D eigenvalue weighted by Gasteiger charge is 2.27. The highest BCUT2D eigenvalue weighted by molar-refractivity contribution is 5.78. The van der Waals surface area contributed by atoms with E-state index in [2.05, 4.69) is 29.4 Å². The number of hydrogen-bond acceptors (Lipinski definition) is 4. The third-order valence-corrected chi connectivity index (χ3v) is 3.23. The number of piperazine rings is 1. The number of amides is 1. The minimum Gasteiger partial charge on any atom is -0.371 e. The lowest BCUT2D eigenvalue weighted by atomic mass is 10.1. The third-order valence-electron chi connectivity index (χ3n) is 3.23. The predicted octanol–water partition coefficient (Wildman–Crippen LogP) is -0.816. The fourth-order valence-corrected chi connectivity index (χ4v) is 2.27. The summed E-state index contributed by atoms with van der Waals surface area (Å²) < 4.78 is 5.84. The smallest absolute Gasteiger partial charge is 0.234 e. The lowest BCUT2D eigenvalue weighted by Gasteiger charge is -2.37. The maximum Gasteiger partial charge on any atom is 0.234 e. The van der Waals surface area contributed by atoms with Crippen molar-refractivity contribution in [3.05, 3.63) is 0 Å². The minimum atomic E-state index is 0.120. The van der Waals surface area contributed by atoms with Crippen LogP contribution in [0.2, 0.25) is 0 Å². The van der Waals surface area contributed by atoms with Crippen molar-refractivity contribution in [2.75, 3.05) is 32.7 Å². The van der Waals surface area contributed by atoms with Crippen molar-refractivity contribution in [2.24, 2.45) is 0 Å². The van der Waals surface area contributed by atoms with Gasteiger partial charge < -0.3 is 15.4 Å². The monoisotopic (exact) mass is 227 g/mol. The van der Waals surface area contributed by atoms with E-state index in [0.29, 0.717) is 12.6 Å². The number of nitrogens with one attached hydrogen (secondary N) is 2. The van der Waals surface area contributed by atoms with Crippen LogP contribution in [0.3, 0.4) is 0 Å². The van der Waals surface area contributed by atoms with E-state index in [1.165, 1.54) is 0 Å². The normalized spacial score (nSPS) is 37.1. The number of hydrogen-bond donors (Lipinski definition) is 2. The van der Waals surface area contributed by atoms with Crippen molar-refractivity contribution >= 4 is 5.91 Å². The molecule has 2 saturated heterocycles. The Bertz CT molecular complexity index is 260. The molecule has 0 aromatic carbocycles. The van der Waals surface area contributed by atoms with Gasteiger partial charge in [0.2, 0.25) is 5.91 Å². The van der Waals surface area contributed by atoms with Crippen LogP contribution < -0.4 is 10.6 Å². The van der Waals surface area contributed by atoms with Gasteiger partial charge >= 0.3 is 0 Å². The summed E-state index contributed by atoms with van der Waals surface area (Å²) in [6.07, 6.45) is 0.477. The molecule has 0 aliphatic carbocycles. The Morgan fingerprint density at radius 3 is 2.94 bits per heavy atom. The van der Waals surface area contributed by atoms with Gasteiger partial charge in [-0.2, -0.15) is 0 Å². The highest BCUT2D eigenvalue weighted by atomic mass is 16.5. The molecule has 2 fully saturated rings. The molecular formula is C11H21N3O2. The van der Waals surface area contributed by atoms with E-state index in [9.17, 15) is 4.79 Å². The predicted molar refractivity (Wildman–Crippen MR) is 61.2 cm³/mol. The number of rotatable bonds is 2. The van der Waals surface area contributed by atoms with Crippen LogP contribution >= 0.6 is 0 Å². The van der Waals surface area contributed by atoms with Crippen LogP contribution in [0.15, 0.2) is 0 Å². The molecule has 3 atom stereocenters. The van der Waals surface area contributed by atoms with Crippen LogP contribution in [0.5, 0.6) is 0 Å². The number of carbonyl (C=O) groups is 1. The van der Waals surface area contributed by atoms with Gasteiger partial charge in [0.15, 0.2) is 0 Å². The van der Waals surface area contributed by atoms with E-state index < -0.39 is 0 Å². The minimum absolute atomic E-state index is 0.120. The second-order valence-electron chi connectivity index (χ2n) is 4.81. The first kappa shape index (κ1) is 11.8. The summed E-state index contributed by atoms with van der Waals surface area (Å²) in [6.45, 7) is 8.10. The van der Waals surface area contributed by atoms with Gasteiger partial charge in [-0.25, -0.2) is 0 Å². The second-order valence-corrected chi connectivity index (χ2v) is 4.81. The van der Waals surface area contributed by atoms with Gasteiger partial charge in [0.05, 0.1) is 18.8 Å². The quantitative estimate of drug-likeness (QED) is 0.647. The first-order valence-corrected chi connectivity index (χ1v) is 6.02. The summed E-state index contributed by atoms with van der Waals surface area (Å²) in [4.78, 5) is 13.5. The van der Waals surface area contributed by atoms with Gasteiger partial charge in [0.25, 0.3) is 0 Å². The van der Waals surface area contributed by atoms with Crippen LogP contribution in [-0.2, 0) is 9.53 Å². The second kappa shape index (κ2) is 5.12. The van der Waals surface area contributed by atoms with Crippen LogP contribution in [-0.4, -0.2) is 61.8 Å². The molecule has 2 rings (SSSR count). The summed E-state index contributed by atoms with van der Waals surface area (Å²) in [6, 6.07) is 0.401. The van der Waals surface area contributed by atoms with E-state index in [4.69, 9.17) is 4.74 Å². The number of nitrogens with zero attached hydrogens (tertiary/aromatic N) is 1. The van der Waals surface area contributed by atoms with Gasteiger partial charge in [-0.15, -0.1) is 0 Å². The van der Waals surface area contributed by atoms with Crippen LogP contribution in [0.25, 0.3) is 0 Å². The molecule has 0 unspecified atom stereocenters. The van der Waals surface area contributed by atoms with Crippen molar-refractivity contribution in [3.8, 4) is 0 Å². The summed E-state index contributed by atoms with van der Waals surface area (Å²) in [7, 11) is 0. The highest BCUT2D eigenvalue weighted by Crippen LogP contribution is 2.09. The Hall–Kier alpha value is -0.650. The van der Waals surface area contributed by atoms with E-state index >= 15 is 0 Å². The molecular weight excluding hydrogens is 206 g/mol. The molecule has 0 radical (unpaired) electrons. The Morgan fingerprint density at radius 2 is 2.19 bits per heavy atom. The molecule has 0 saturated carbocycles. The van der Waals surface area contributed by atoms with Crippen molar-refractivity contribution in [3.63, 3.8) is 0 Å². The maximum atomic E-state index is 11.3. The summed E-state index contributed by atoms with van der Waals surface area (Å²) >= 11 is 0. The van der Waals surface area contributed by atoms with Crippen LogP contribution in [0, 0.1) is 0 Å². The van der Waals surface area contributed by atoms with Crippen LogP contribution in [0.4, 0.5) is 0 Å². The van der Waals surface area contributed by atoms with Crippen molar-refractivity contribution < 1.29 is 9.53 Å². The van der Waals surface area contributed by atoms with Gasteiger partial charge in [0.1, 0.15) is 0 Å². The number of carbonyl (C=O) groups excluding carboxylic acids is 1. The molecule has 16 heavy (non-hydrogen) atoms. The SMILES string of the molecule is C[C@@H]1CNC[C@@H](CN2CC(=O)NC[C@@H]2C)O1. The van der Waals surface area contributed by atoms with Gasteiger partial charge in [0, 0.05) is 32.2 Å². The van der Waals surface area contributed by atoms with E-state index in [1.807, 2.05) is 0 Å². The van der Waals surface area contributed by atoms with Crippen LogP contribution in [0.1, 0.15) is 13.8 Å². The molecule has 0 spiro atoms. The molecule has 2 N–H and O–H groups in total. The number of ether oxygens (including phenoxy) is 1. The van der Waals surface area contributed by atoms with E-state index in [1.54, 1.807) is 0 Å². The van der Waals surface area contributed by atoms with Crippen molar-refractivity contribution in [1.82, 2.24) is 15.5 Å². The molecule has 5 heteroatoms. The molecule has 0 aromatic heterocycles. The third kappa shape index (κ3) is 2.93.